The molecule has 0 unspecified atom stereocenters. The first kappa shape index (κ1) is 19.6. The van der Waals surface area contributed by atoms with Gasteiger partial charge < -0.3 is 11.1 Å². The Morgan fingerprint density at radius 2 is 1.81 bits per heavy atom. The number of nitrogens with zero attached hydrogens (tertiary/aromatic N) is 3. The van der Waals surface area contributed by atoms with Crippen LogP contribution in [0.4, 0.5) is 11.8 Å². The first-order chi connectivity index (χ1) is 14.9. The Balaban J connectivity index is 1.65. The second-order valence-corrected chi connectivity index (χ2v) is 9.76. The van der Waals surface area contributed by atoms with Gasteiger partial charge in [0, 0.05) is 29.3 Å². The molecular weight excluding hydrogens is 410 g/mol. The van der Waals surface area contributed by atoms with Gasteiger partial charge in [0.1, 0.15) is 5.82 Å². The third-order valence-corrected chi connectivity index (χ3v) is 7.42. The van der Waals surface area contributed by atoms with Crippen molar-refractivity contribution in [1.82, 2.24) is 13.9 Å². The summed E-state index contributed by atoms with van der Waals surface area (Å²) in [5, 5.41) is 4.17. The Kier molecular flexibility index (Phi) is 4.66. The molecule has 2 aromatic carbocycles. The lowest BCUT2D eigenvalue weighted by atomic mass is 9.93. The van der Waals surface area contributed by atoms with Crippen molar-refractivity contribution in [2.24, 2.45) is 0 Å². The number of anilines is 2. The largest absolute Gasteiger partial charge is 0.368 e. The van der Waals surface area contributed by atoms with Gasteiger partial charge in [-0.05, 0) is 44.4 Å². The molecule has 0 bridgehead atoms. The zero-order valence-corrected chi connectivity index (χ0v) is 17.9. The number of hydrogen-bond acceptors (Lipinski definition) is 6. The maximum Gasteiger partial charge on any atom is 0.268 e. The van der Waals surface area contributed by atoms with E-state index in [1.807, 2.05) is 31.2 Å². The maximum absolute atomic E-state index is 13.4. The van der Waals surface area contributed by atoms with E-state index in [-0.39, 0.29) is 10.8 Å². The molecule has 4 aromatic rings. The fraction of sp³-hybridized carbons (Fsp3) is 0.217. The standard InChI is InChI=1S/C23H23N5O2S/c1-15-9-11-17(12-10-15)31(29,30)28-14-19(18-7-2-3-8-21(18)28)20-13-22(27-23(24)26-20)25-16-5-4-6-16/h2-3,7-14,16H,4-6H2,1H3,(H3,24,25,26,27). The second-order valence-electron chi connectivity index (χ2n) is 7.94. The number of rotatable bonds is 5. The minimum atomic E-state index is -3.78. The molecule has 0 radical (unpaired) electrons. The van der Waals surface area contributed by atoms with Gasteiger partial charge in [0.2, 0.25) is 5.95 Å². The zero-order chi connectivity index (χ0) is 21.6. The van der Waals surface area contributed by atoms with Crippen molar-refractivity contribution in [2.45, 2.75) is 37.1 Å². The van der Waals surface area contributed by atoms with E-state index in [9.17, 15) is 8.42 Å². The predicted molar refractivity (Wildman–Crippen MR) is 122 cm³/mol. The van der Waals surface area contributed by atoms with E-state index in [0.717, 1.165) is 23.8 Å². The molecule has 31 heavy (non-hydrogen) atoms. The molecule has 1 aliphatic carbocycles. The van der Waals surface area contributed by atoms with Crippen LogP contribution < -0.4 is 11.1 Å². The Hall–Kier alpha value is -3.39. The molecular formula is C23H23N5O2S. The molecule has 2 aromatic heterocycles. The van der Waals surface area contributed by atoms with Gasteiger partial charge in [-0.1, -0.05) is 35.9 Å². The minimum absolute atomic E-state index is 0.151. The lowest BCUT2D eigenvalue weighted by Gasteiger charge is -2.27. The highest BCUT2D eigenvalue weighted by Crippen LogP contribution is 2.34. The summed E-state index contributed by atoms with van der Waals surface area (Å²) in [6.45, 7) is 1.92. The third kappa shape index (κ3) is 3.53. The summed E-state index contributed by atoms with van der Waals surface area (Å²) in [4.78, 5) is 8.94. The van der Waals surface area contributed by atoms with Gasteiger partial charge in [-0.3, -0.25) is 0 Å². The summed E-state index contributed by atoms with van der Waals surface area (Å²) in [6.07, 6.45) is 5.03. The van der Waals surface area contributed by atoms with Crippen LogP contribution in [-0.2, 0) is 10.0 Å². The van der Waals surface area contributed by atoms with Gasteiger partial charge in [-0.15, -0.1) is 0 Å². The molecule has 0 amide bonds. The van der Waals surface area contributed by atoms with Gasteiger partial charge in [0.05, 0.1) is 16.1 Å². The van der Waals surface area contributed by atoms with Crippen LogP contribution >= 0.6 is 0 Å². The SMILES string of the molecule is Cc1ccc(S(=O)(=O)n2cc(-c3cc(NC4CCC4)nc(N)n3)c3ccccc32)cc1. The van der Waals surface area contributed by atoms with Crippen molar-refractivity contribution in [1.29, 1.82) is 0 Å². The summed E-state index contributed by atoms with van der Waals surface area (Å²) < 4.78 is 28.2. The molecule has 0 saturated heterocycles. The zero-order valence-electron chi connectivity index (χ0n) is 17.1. The summed E-state index contributed by atoms with van der Waals surface area (Å²) in [7, 11) is -3.78. The number of fused-ring (bicyclic) bond motifs is 1. The van der Waals surface area contributed by atoms with Gasteiger partial charge in [-0.25, -0.2) is 17.4 Å². The highest BCUT2D eigenvalue weighted by Gasteiger charge is 2.23. The second kappa shape index (κ2) is 7.39. The first-order valence-electron chi connectivity index (χ1n) is 10.3. The van der Waals surface area contributed by atoms with E-state index < -0.39 is 10.0 Å². The highest BCUT2D eigenvalue weighted by molar-refractivity contribution is 7.90. The van der Waals surface area contributed by atoms with Gasteiger partial charge in [0.15, 0.2) is 0 Å². The summed E-state index contributed by atoms with van der Waals surface area (Å²) in [6, 6.07) is 16.5. The Morgan fingerprint density at radius 3 is 2.52 bits per heavy atom. The van der Waals surface area contributed by atoms with E-state index >= 15 is 0 Å². The van der Waals surface area contributed by atoms with E-state index in [4.69, 9.17) is 5.73 Å². The van der Waals surface area contributed by atoms with Crippen molar-refractivity contribution in [2.75, 3.05) is 11.1 Å². The molecule has 1 fully saturated rings. The van der Waals surface area contributed by atoms with Crippen LogP contribution in [0.15, 0.2) is 65.7 Å². The molecule has 5 rings (SSSR count). The molecule has 0 spiro atoms. The average Bonchev–Trinajstić information content (AvgIpc) is 3.11. The van der Waals surface area contributed by atoms with Gasteiger partial charge in [0.25, 0.3) is 10.0 Å². The molecule has 1 saturated carbocycles. The van der Waals surface area contributed by atoms with E-state index in [0.29, 0.717) is 28.6 Å². The molecule has 8 heteroatoms. The molecule has 7 nitrogen and oxygen atoms in total. The summed E-state index contributed by atoms with van der Waals surface area (Å²) in [5.74, 6) is 0.808. The van der Waals surface area contributed by atoms with Crippen molar-refractivity contribution < 1.29 is 8.42 Å². The Labute approximate surface area is 181 Å². The molecule has 158 valence electrons. The molecule has 0 aliphatic heterocycles. The number of aryl methyl sites for hydroxylation is 1. The van der Waals surface area contributed by atoms with E-state index in [1.165, 1.54) is 10.4 Å². The summed E-state index contributed by atoms with van der Waals surface area (Å²) in [5.41, 5.74) is 8.85. The Morgan fingerprint density at radius 1 is 1.06 bits per heavy atom. The predicted octanol–water partition coefficient (Wildman–Crippen LogP) is 4.19. The smallest absolute Gasteiger partial charge is 0.268 e. The van der Waals surface area contributed by atoms with Crippen LogP contribution in [0.3, 0.4) is 0 Å². The van der Waals surface area contributed by atoms with Crippen molar-refractivity contribution >= 4 is 32.7 Å². The van der Waals surface area contributed by atoms with Crippen LogP contribution in [-0.4, -0.2) is 28.4 Å². The van der Waals surface area contributed by atoms with Gasteiger partial charge in [-0.2, -0.15) is 4.98 Å². The normalized spacial score (nSPS) is 14.5. The fourth-order valence-corrected chi connectivity index (χ4v) is 5.19. The van der Waals surface area contributed by atoms with Gasteiger partial charge >= 0.3 is 0 Å². The topological polar surface area (TPSA) is 103 Å². The van der Waals surface area contributed by atoms with Crippen molar-refractivity contribution in [3.63, 3.8) is 0 Å². The quantitative estimate of drug-likeness (QED) is 0.489. The highest BCUT2D eigenvalue weighted by atomic mass is 32.2. The molecule has 1 aliphatic rings. The molecule has 0 atom stereocenters. The molecule has 2 heterocycles. The lowest BCUT2D eigenvalue weighted by molar-refractivity contribution is 0.444. The number of para-hydroxylation sites is 1. The average molecular weight is 434 g/mol. The van der Waals surface area contributed by atoms with Crippen LogP contribution in [0.25, 0.3) is 22.2 Å². The number of nitrogen functional groups attached to an aromatic ring is 1. The number of benzene rings is 2. The summed E-state index contributed by atoms with van der Waals surface area (Å²) >= 11 is 0. The first-order valence-corrected chi connectivity index (χ1v) is 11.7. The maximum atomic E-state index is 13.4. The number of hydrogen-bond donors (Lipinski definition) is 2. The molecule has 3 N–H and O–H groups in total. The van der Waals surface area contributed by atoms with Crippen LogP contribution in [0.1, 0.15) is 24.8 Å². The van der Waals surface area contributed by atoms with Crippen molar-refractivity contribution in [3.05, 3.63) is 66.4 Å². The minimum Gasteiger partial charge on any atom is -0.368 e. The van der Waals surface area contributed by atoms with Crippen LogP contribution in [0, 0.1) is 6.92 Å². The number of nitrogens with one attached hydrogen (secondary N) is 1. The van der Waals surface area contributed by atoms with E-state index in [1.54, 1.807) is 36.5 Å². The van der Waals surface area contributed by atoms with Crippen LogP contribution in [0.5, 0.6) is 0 Å². The fourth-order valence-electron chi connectivity index (χ4n) is 3.82. The van der Waals surface area contributed by atoms with Crippen LogP contribution in [0.2, 0.25) is 0 Å². The van der Waals surface area contributed by atoms with Crippen molar-refractivity contribution in [3.8, 4) is 11.3 Å². The number of nitrogens with two attached hydrogens (primary N) is 1. The Bertz CT molecular complexity index is 1370. The number of aromatic nitrogens is 3. The van der Waals surface area contributed by atoms with E-state index in [2.05, 4.69) is 15.3 Å². The third-order valence-electron chi connectivity index (χ3n) is 5.73. The monoisotopic (exact) mass is 433 g/mol. The lowest BCUT2D eigenvalue weighted by Crippen LogP contribution is -2.27.